The van der Waals surface area contributed by atoms with E-state index in [4.69, 9.17) is 0 Å². The van der Waals surface area contributed by atoms with Crippen LogP contribution in [-0.4, -0.2) is 0 Å². The van der Waals surface area contributed by atoms with E-state index >= 15 is 0 Å². The van der Waals surface area contributed by atoms with Crippen molar-refractivity contribution in [2.75, 3.05) is 0 Å². The molecule has 0 unspecified atom stereocenters. The molecule has 0 heteroatoms. The van der Waals surface area contributed by atoms with Crippen molar-refractivity contribution in [2.24, 2.45) is 10.8 Å². The summed E-state index contributed by atoms with van der Waals surface area (Å²) in [6.07, 6.45) is 0. The van der Waals surface area contributed by atoms with Crippen LogP contribution in [0.2, 0.25) is 0 Å². The van der Waals surface area contributed by atoms with Crippen LogP contribution >= 0.6 is 0 Å². The average molecular weight is 168 g/mol. The zero-order valence-corrected chi connectivity index (χ0v) is 10.0. The first-order valence-electron chi connectivity index (χ1n) is 4.75. The first kappa shape index (κ1) is 11.7. The molecule has 0 aliphatic rings. The van der Waals surface area contributed by atoms with Gasteiger partial charge in [0.25, 0.3) is 0 Å². The van der Waals surface area contributed by atoms with Crippen molar-refractivity contribution in [2.45, 2.75) is 55.4 Å². The fraction of sp³-hybridized carbons (Fsp3) is 0.833. The van der Waals surface area contributed by atoms with Gasteiger partial charge in [0.05, 0.1) is 0 Å². The molecule has 0 heterocycles. The fourth-order valence-electron chi connectivity index (χ4n) is 2.62. The molecule has 0 aromatic carbocycles. The Hall–Kier alpha value is -0.260. The Morgan fingerprint density at radius 2 is 0.917 bits per heavy atom. The Bertz CT molecular complexity index is 161. The molecule has 0 nitrogen and oxygen atoms in total. The molecule has 0 amide bonds. The predicted octanol–water partition coefficient (Wildman–Crippen LogP) is 4.42. The second kappa shape index (κ2) is 3.24. The molecule has 12 heavy (non-hydrogen) atoms. The Morgan fingerprint density at radius 3 is 0.917 bits per heavy atom. The van der Waals surface area contributed by atoms with Gasteiger partial charge in [0, 0.05) is 0 Å². The van der Waals surface area contributed by atoms with Crippen LogP contribution in [0.5, 0.6) is 0 Å². The minimum absolute atomic E-state index is 0.303. The Balaban J connectivity index is 5.13. The van der Waals surface area contributed by atoms with Crippen molar-refractivity contribution in [1.29, 1.82) is 0 Å². The van der Waals surface area contributed by atoms with Gasteiger partial charge in [-0.2, -0.15) is 0 Å². The number of hydrogen-bond acceptors (Lipinski definition) is 0. The molecule has 0 bridgehead atoms. The monoisotopic (exact) mass is 168 g/mol. The molecule has 0 aromatic heterocycles. The molecular formula is C12H24. The molecule has 0 aliphatic heterocycles. The van der Waals surface area contributed by atoms with Crippen LogP contribution in [0.25, 0.3) is 0 Å². The zero-order valence-electron chi connectivity index (χ0n) is 10.0. The molecule has 0 spiro atoms. The van der Waals surface area contributed by atoms with Gasteiger partial charge in [-0.1, -0.05) is 52.7 Å². The molecule has 0 fully saturated rings. The SMILES string of the molecule is CC(C)=C(C(C)(C)C)C(C)(C)C. The number of hydrogen-bond donors (Lipinski definition) is 0. The van der Waals surface area contributed by atoms with Crippen molar-refractivity contribution in [1.82, 2.24) is 0 Å². The first-order valence-corrected chi connectivity index (χ1v) is 4.75. The van der Waals surface area contributed by atoms with Crippen molar-refractivity contribution in [3.05, 3.63) is 11.1 Å². The molecule has 0 saturated carbocycles. The maximum absolute atomic E-state index is 2.29. The van der Waals surface area contributed by atoms with Crippen LogP contribution in [0.15, 0.2) is 11.1 Å². The lowest BCUT2D eigenvalue weighted by molar-refractivity contribution is 0.357. The molecule has 0 saturated heterocycles. The molecule has 0 aliphatic carbocycles. The summed E-state index contributed by atoms with van der Waals surface area (Å²) < 4.78 is 0. The second-order valence-electron chi connectivity index (χ2n) is 5.88. The molecule has 0 radical (unpaired) electrons. The van der Waals surface area contributed by atoms with E-state index in [9.17, 15) is 0 Å². The van der Waals surface area contributed by atoms with Crippen molar-refractivity contribution < 1.29 is 0 Å². The molecule has 0 atom stereocenters. The van der Waals surface area contributed by atoms with Gasteiger partial charge in [0.2, 0.25) is 0 Å². The summed E-state index contributed by atoms with van der Waals surface area (Å²) in [5, 5.41) is 0. The zero-order chi connectivity index (χ0) is 10.2. The third-order valence-electron chi connectivity index (χ3n) is 2.00. The lowest BCUT2D eigenvalue weighted by Crippen LogP contribution is -2.23. The van der Waals surface area contributed by atoms with Crippen molar-refractivity contribution >= 4 is 0 Å². The third kappa shape index (κ3) is 3.00. The number of rotatable bonds is 0. The van der Waals surface area contributed by atoms with Crippen LogP contribution < -0.4 is 0 Å². The van der Waals surface area contributed by atoms with E-state index in [1.165, 1.54) is 5.57 Å². The lowest BCUT2D eigenvalue weighted by Gasteiger charge is -2.35. The van der Waals surface area contributed by atoms with Gasteiger partial charge in [0.1, 0.15) is 0 Å². The van der Waals surface area contributed by atoms with E-state index in [1.54, 1.807) is 5.57 Å². The summed E-state index contributed by atoms with van der Waals surface area (Å²) in [7, 11) is 0. The van der Waals surface area contributed by atoms with Crippen LogP contribution in [0.3, 0.4) is 0 Å². The Morgan fingerprint density at radius 1 is 0.667 bits per heavy atom. The Labute approximate surface area is 78.1 Å². The highest BCUT2D eigenvalue weighted by Crippen LogP contribution is 2.40. The summed E-state index contributed by atoms with van der Waals surface area (Å²) in [6, 6.07) is 0. The average Bonchev–Trinajstić information content (AvgIpc) is 1.49. The lowest BCUT2D eigenvalue weighted by atomic mass is 9.70. The molecule has 0 aromatic rings. The summed E-state index contributed by atoms with van der Waals surface area (Å²) in [4.78, 5) is 0. The molecule has 0 N–H and O–H groups in total. The normalized spacial score (nSPS) is 13.0. The van der Waals surface area contributed by atoms with E-state index in [0.717, 1.165) is 0 Å². The fourth-order valence-corrected chi connectivity index (χ4v) is 2.62. The van der Waals surface area contributed by atoms with Gasteiger partial charge in [-0.05, 0) is 24.7 Å². The van der Waals surface area contributed by atoms with Gasteiger partial charge >= 0.3 is 0 Å². The highest BCUT2D eigenvalue weighted by atomic mass is 14.3. The van der Waals surface area contributed by atoms with Crippen molar-refractivity contribution in [3.63, 3.8) is 0 Å². The van der Waals surface area contributed by atoms with E-state index < -0.39 is 0 Å². The largest absolute Gasteiger partial charge is 0.0762 e. The maximum atomic E-state index is 2.29. The smallest absolute Gasteiger partial charge is 0.0165 e. The van der Waals surface area contributed by atoms with Gasteiger partial charge in [-0.3, -0.25) is 0 Å². The van der Waals surface area contributed by atoms with E-state index in [2.05, 4.69) is 55.4 Å². The molecular weight excluding hydrogens is 144 g/mol. The summed E-state index contributed by atoms with van der Waals surface area (Å²) >= 11 is 0. The van der Waals surface area contributed by atoms with Gasteiger partial charge in [0.15, 0.2) is 0 Å². The minimum atomic E-state index is 0.303. The third-order valence-corrected chi connectivity index (χ3v) is 2.00. The standard InChI is InChI=1S/C12H24/c1-9(2)10(11(3,4)5)12(6,7)8/h1-8H3. The highest BCUT2D eigenvalue weighted by molar-refractivity contribution is 5.22. The number of allylic oxidation sites excluding steroid dienone is 2. The first-order chi connectivity index (χ1) is 5.07. The maximum Gasteiger partial charge on any atom is -0.0165 e. The van der Waals surface area contributed by atoms with E-state index in [0.29, 0.717) is 10.8 Å². The molecule has 0 rings (SSSR count). The predicted molar refractivity (Wildman–Crippen MR) is 57.3 cm³/mol. The highest BCUT2D eigenvalue weighted by Gasteiger charge is 2.28. The summed E-state index contributed by atoms with van der Waals surface area (Å²) in [5.74, 6) is 0. The van der Waals surface area contributed by atoms with Crippen LogP contribution in [0.1, 0.15) is 55.4 Å². The quantitative estimate of drug-likeness (QED) is 0.470. The molecule has 72 valence electrons. The van der Waals surface area contributed by atoms with Crippen LogP contribution in [-0.2, 0) is 0 Å². The van der Waals surface area contributed by atoms with E-state index in [1.807, 2.05) is 0 Å². The Kier molecular flexibility index (Phi) is 3.17. The van der Waals surface area contributed by atoms with Crippen LogP contribution in [0.4, 0.5) is 0 Å². The minimum Gasteiger partial charge on any atom is -0.0762 e. The van der Waals surface area contributed by atoms with Crippen LogP contribution in [0, 0.1) is 10.8 Å². The van der Waals surface area contributed by atoms with Gasteiger partial charge < -0.3 is 0 Å². The topological polar surface area (TPSA) is 0 Å². The summed E-state index contributed by atoms with van der Waals surface area (Å²) in [5.41, 5.74) is 3.65. The summed E-state index contributed by atoms with van der Waals surface area (Å²) in [6.45, 7) is 18.2. The van der Waals surface area contributed by atoms with Crippen molar-refractivity contribution in [3.8, 4) is 0 Å². The van der Waals surface area contributed by atoms with Gasteiger partial charge in [-0.25, -0.2) is 0 Å². The second-order valence-corrected chi connectivity index (χ2v) is 5.88. The van der Waals surface area contributed by atoms with E-state index in [-0.39, 0.29) is 0 Å². The van der Waals surface area contributed by atoms with Gasteiger partial charge in [-0.15, -0.1) is 0 Å².